The maximum atomic E-state index is 10.9. The molecule has 0 fully saturated rings. The molecule has 0 aliphatic carbocycles. The Balaban J connectivity index is 2.63. The van der Waals surface area contributed by atoms with Gasteiger partial charge in [0.2, 0.25) is 5.91 Å². The summed E-state index contributed by atoms with van der Waals surface area (Å²) in [6.45, 7) is 5.20. The Labute approximate surface area is 90.9 Å². The monoisotopic (exact) mass is 206 g/mol. The van der Waals surface area contributed by atoms with Crippen LogP contribution >= 0.6 is 0 Å². The van der Waals surface area contributed by atoms with Gasteiger partial charge in [-0.2, -0.15) is 0 Å². The average molecular weight is 206 g/mol. The number of benzene rings is 1. The van der Waals surface area contributed by atoms with Gasteiger partial charge in [-0.05, 0) is 19.4 Å². The molecule has 0 aliphatic heterocycles. The molecule has 3 nitrogen and oxygen atoms in total. The van der Waals surface area contributed by atoms with E-state index in [1.165, 1.54) is 5.56 Å². The van der Waals surface area contributed by atoms with E-state index in [4.69, 9.17) is 5.73 Å². The summed E-state index contributed by atoms with van der Waals surface area (Å²) in [4.78, 5) is 12.9. The number of rotatable bonds is 5. The van der Waals surface area contributed by atoms with Gasteiger partial charge in [-0.15, -0.1) is 0 Å². The summed E-state index contributed by atoms with van der Waals surface area (Å²) < 4.78 is 0. The lowest BCUT2D eigenvalue weighted by atomic mass is 10.2. The zero-order valence-corrected chi connectivity index (χ0v) is 9.31. The van der Waals surface area contributed by atoms with Crippen LogP contribution in [0.4, 0.5) is 0 Å². The predicted octanol–water partition coefficient (Wildman–Crippen LogP) is 1.38. The Bertz CT molecular complexity index is 309. The Morgan fingerprint density at radius 2 is 1.93 bits per heavy atom. The standard InChI is InChI=1S/C12H18N2O/c1-10(2)14(9-12(13)15)8-11-6-4-3-5-7-11/h3-7,10H,8-9H2,1-2H3,(H2,13,15). The number of carbonyl (C=O) groups excluding carboxylic acids is 1. The van der Waals surface area contributed by atoms with Crippen LogP contribution in [-0.2, 0) is 11.3 Å². The van der Waals surface area contributed by atoms with Gasteiger partial charge in [-0.1, -0.05) is 30.3 Å². The summed E-state index contributed by atoms with van der Waals surface area (Å²) in [6, 6.07) is 10.4. The molecular weight excluding hydrogens is 188 g/mol. The van der Waals surface area contributed by atoms with Gasteiger partial charge in [0.05, 0.1) is 6.54 Å². The van der Waals surface area contributed by atoms with Crippen molar-refractivity contribution >= 4 is 5.91 Å². The van der Waals surface area contributed by atoms with Crippen molar-refractivity contribution in [3.63, 3.8) is 0 Å². The number of hydrogen-bond acceptors (Lipinski definition) is 2. The van der Waals surface area contributed by atoms with E-state index in [0.29, 0.717) is 12.6 Å². The first kappa shape index (κ1) is 11.7. The highest BCUT2D eigenvalue weighted by atomic mass is 16.1. The van der Waals surface area contributed by atoms with Gasteiger partial charge in [0.1, 0.15) is 0 Å². The lowest BCUT2D eigenvalue weighted by molar-refractivity contribution is -0.119. The molecule has 0 atom stereocenters. The zero-order chi connectivity index (χ0) is 11.3. The lowest BCUT2D eigenvalue weighted by Crippen LogP contribution is -2.37. The van der Waals surface area contributed by atoms with Crippen LogP contribution in [0.3, 0.4) is 0 Å². The largest absolute Gasteiger partial charge is 0.369 e. The number of carbonyl (C=O) groups is 1. The molecule has 0 unspecified atom stereocenters. The van der Waals surface area contributed by atoms with E-state index >= 15 is 0 Å². The Hall–Kier alpha value is -1.35. The maximum absolute atomic E-state index is 10.9. The van der Waals surface area contributed by atoms with E-state index in [2.05, 4.69) is 30.9 Å². The highest BCUT2D eigenvalue weighted by Gasteiger charge is 2.12. The molecule has 0 saturated carbocycles. The molecule has 1 amide bonds. The smallest absolute Gasteiger partial charge is 0.231 e. The van der Waals surface area contributed by atoms with Gasteiger partial charge in [0.25, 0.3) is 0 Å². The van der Waals surface area contributed by atoms with E-state index in [1.54, 1.807) is 0 Å². The second-order valence-electron chi connectivity index (χ2n) is 3.95. The minimum absolute atomic E-state index is 0.278. The van der Waals surface area contributed by atoms with Crippen molar-refractivity contribution in [3.8, 4) is 0 Å². The first-order chi connectivity index (χ1) is 7.09. The predicted molar refractivity (Wildman–Crippen MR) is 61.2 cm³/mol. The highest BCUT2D eigenvalue weighted by molar-refractivity contribution is 5.75. The normalized spacial score (nSPS) is 10.9. The van der Waals surface area contributed by atoms with Crippen molar-refractivity contribution in [2.45, 2.75) is 26.4 Å². The Morgan fingerprint density at radius 3 is 2.40 bits per heavy atom. The second-order valence-corrected chi connectivity index (χ2v) is 3.95. The van der Waals surface area contributed by atoms with Crippen LogP contribution in [0.1, 0.15) is 19.4 Å². The fourth-order valence-electron chi connectivity index (χ4n) is 1.44. The van der Waals surface area contributed by atoms with Crippen LogP contribution < -0.4 is 5.73 Å². The molecule has 3 heteroatoms. The number of nitrogens with zero attached hydrogens (tertiary/aromatic N) is 1. The van der Waals surface area contributed by atoms with Crippen molar-refractivity contribution in [3.05, 3.63) is 35.9 Å². The summed E-state index contributed by atoms with van der Waals surface area (Å²) in [7, 11) is 0. The average Bonchev–Trinajstić information content (AvgIpc) is 2.17. The molecule has 0 radical (unpaired) electrons. The summed E-state index contributed by atoms with van der Waals surface area (Å²) in [5.41, 5.74) is 6.41. The molecule has 1 aromatic rings. The minimum Gasteiger partial charge on any atom is -0.369 e. The summed E-state index contributed by atoms with van der Waals surface area (Å²) in [5.74, 6) is -0.278. The molecule has 15 heavy (non-hydrogen) atoms. The third-order valence-electron chi connectivity index (χ3n) is 2.32. The molecule has 0 spiro atoms. The molecule has 0 heterocycles. The third kappa shape index (κ3) is 4.13. The fraction of sp³-hybridized carbons (Fsp3) is 0.417. The SMILES string of the molecule is CC(C)N(CC(N)=O)Cc1ccccc1. The highest BCUT2D eigenvalue weighted by Crippen LogP contribution is 2.07. The van der Waals surface area contributed by atoms with Gasteiger partial charge in [0.15, 0.2) is 0 Å². The Morgan fingerprint density at radius 1 is 1.33 bits per heavy atom. The van der Waals surface area contributed by atoms with Crippen molar-refractivity contribution < 1.29 is 4.79 Å². The zero-order valence-electron chi connectivity index (χ0n) is 9.31. The summed E-state index contributed by atoms with van der Waals surface area (Å²) >= 11 is 0. The van der Waals surface area contributed by atoms with Gasteiger partial charge >= 0.3 is 0 Å². The molecule has 1 rings (SSSR count). The van der Waals surface area contributed by atoms with E-state index < -0.39 is 0 Å². The lowest BCUT2D eigenvalue weighted by Gasteiger charge is -2.24. The van der Waals surface area contributed by atoms with Crippen LogP contribution in [0.5, 0.6) is 0 Å². The molecule has 0 aliphatic rings. The van der Waals surface area contributed by atoms with E-state index in [0.717, 1.165) is 6.54 Å². The van der Waals surface area contributed by atoms with Crippen molar-refractivity contribution in [2.75, 3.05) is 6.54 Å². The molecular formula is C12H18N2O. The number of primary amides is 1. The maximum Gasteiger partial charge on any atom is 0.231 e. The number of nitrogens with two attached hydrogens (primary N) is 1. The third-order valence-corrected chi connectivity index (χ3v) is 2.32. The van der Waals surface area contributed by atoms with Gasteiger partial charge in [-0.3, -0.25) is 9.69 Å². The van der Waals surface area contributed by atoms with Gasteiger partial charge in [-0.25, -0.2) is 0 Å². The minimum atomic E-state index is -0.278. The van der Waals surface area contributed by atoms with Crippen molar-refractivity contribution in [1.29, 1.82) is 0 Å². The van der Waals surface area contributed by atoms with Crippen LogP contribution in [0.15, 0.2) is 30.3 Å². The van der Waals surface area contributed by atoms with E-state index in [1.807, 2.05) is 18.2 Å². The number of amides is 1. The first-order valence-corrected chi connectivity index (χ1v) is 5.16. The molecule has 0 aromatic heterocycles. The van der Waals surface area contributed by atoms with Crippen molar-refractivity contribution in [2.24, 2.45) is 5.73 Å². The van der Waals surface area contributed by atoms with Gasteiger partial charge in [0, 0.05) is 12.6 Å². The van der Waals surface area contributed by atoms with Gasteiger partial charge < -0.3 is 5.73 Å². The van der Waals surface area contributed by atoms with Crippen LogP contribution in [0.25, 0.3) is 0 Å². The fourth-order valence-corrected chi connectivity index (χ4v) is 1.44. The topological polar surface area (TPSA) is 46.3 Å². The molecule has 82 valence electrons. The van der Waals surface area contributed by atoms with Crippen LogP contribution in [0, 0.1) is 0 Å². The van der Waals surface area contributed by atoms with E-state index in [9.17, 15) is 4.79 Å². The number of hydrogen-bond donors (Lipinski definition) is 1. The van der Waals surface area contributed by atoms with Crippen LogP contribution in [-0.4, -0.2) is 23.4 Å². The van der Waals surface area contributed by atoms with Crippen molar-refractivity contribution in [1.82, 2.24) is 4.90 Å². The summed E-state index contributed by atoms with van der Waals surface area (Å²) in [6.07, 6.45) is 0. The molecule has 1 aromatic carbocycles. The quantitative estimate of drug-likeness (QED) is 0.791. The molecule has 2 N–H and O–H groups in total. The first-order valence-electron chi connectivity index (χ1n) is 5.16. The summed E-state index contributed by atoms with van der Waals surface area (Å²) in [5, 5.41) is 0. The molecule has 0 bridgehead atoms. The Kier molecular flexibility index (Phi) is 4.31. The molecule has 0 saturated heterocycles. The van der Waals surface area contributed by atoms with E-state index in [-0.39, 0.29) is 5.91 Å². The second kappa shape index (κ2) is 5.51. The van der Waals surface area contributed by atoms with Crippen LogP contribution in [0.2, 0.25) is 0 Å².